The Labute approximate surface area is 161 Å². The third-order valence-electron chi connectivity index (χ3n) is 5.24. The average molecular weight is 385 g/mol. The van der Waals surface area contributed by atoms with Crippen molar-refractivity contribution in [1.29, 1.82) is 0 Å². The van der Waals surface area contributed by atoms with Gasteiger partial charge in [-0.2, -0.15) is 0 Å². The lowest BCUT2D eigenvalue weighted by molar-refractivity contribution is -0.152. The molecule has 0 aromatic carbocycles. The third-order valence-corrected chi connectivity index (χ3v) is 9.75. The monoisotopic (exact) mass is 384 g/mol. The summed E-state index contributed by atoms with van der Waals surface area (Å²) in [7, 11) is -1.66. The number of hydrogen-bond acceptors (Lipinski definition) is 4. The highest BCUT2D eigenvalue weighted by Gasteiger charge is 2.37. The lowest BCUT2D eigenvalue weighted by Gasteiger charge is -2.37. The molecule has 0 rings (SSSR count). The van der Waals surface area contributed by atoms with Gasteiger partial charge in [-0.05, 0) is 57.2 Å². The van der Waals surface area contributed by atoms with E-state index < -0.39 is 20.4 Å². The first-order valence-electron chi connectivity index (χ1n) is 9.73. The van der Waals surface area contributed by atoms with E-state index in [0.717, 1.165) is 25.9 Å². The summed E-state index contributed by atoms with van der Waals surface area (Å²) in [6, 6.07) is 0. The van der Waals surface area contributed by atoms with Crippen LogP contribution < -0.4 is 0 Å². The standard InChI is InChI=1S/C21H40O4Si/c1-16(13-14-20(18(3)22)25-19(4)23)11-10-12-17(2)15-24-26(8,9)21(5,6)7/h13,17,20H,10-12,14-15H2,1-9H3/b16-13-/t17-,20+/m1/s1. The SMILES string of the molecule is CC(=O)O[C@@H](C/C=C(/C)CCC[C@@H](C)CO[Si](C)(C)C(C)(C)C)C(C)=O. The van der Waals surface area contributed by atoms with Crippen molar-refractivity contribution in [2.24, 2.45) is 5.92 Å². The van der Waals surface area contributed by atoms with E-state index in [1.165, 1.54) is 19.4 Å². The van der Waals surface area contributed by atoms with Crippen LogP contribution in [0.25, 0.3) is 0 Å². The van der Waals surface area contributed by atoms with Gasteiger partial charge in [0, 0.05) is 20.0 Å². The van der Waals surface area contributed by atoms with Gasteiger partial charge in [-0.3, -0.25) is 9.59 Å². The number of ether oxygens (including phenoxy) is 1. The maximum absolute atomic E-state index is 11.5. The van der Waals surface area contributed by atoms with Crippen LogP contribution in [-0.4, -0.2) is 32.8 Å². The second-order valence-electron chi connectivity index (χ2n) is 9.06. The molecule has 0 unspecified atom stereocenters. The molecule has 5 heteroatoms. The van der Waals surface area contributed by atoms with E-state index >= 15 is 0 Å². The first kappa shape index (κ1) is 25.1. The Bertz CT molecular complexity index is 489. The van der Waals surface area contributed by atoms with Gasteiger partial charge in [0.1, 0.15) is 0 Å². The summed E-state index contributed by atoms with van der Waals surface area (Å²) < 4.78 is 11.3. The number of esters is 1. The molecule has 0 radical (unpaired) electrons. The smallest absolute Gasteiger partial charge is 0.303 e. The van der Waals surface area contributed by atoms with E-state index in [1.54, 1.807) is 0 Å². The molecule has 26 heavy (non-hydrogen) atoms. The predicted octanol–water partition coefficient (Wildman–Crippen LogP) is 5.67. The summed E-state index contributed by atoms with van der Waals surface area (Å²) in [6.45, 7) is 19.3. The molecule has 0 amide bonds. The third kappa shape index (κ3) is 10.3. The summed E-state index contributed by atoms with van der Waals surface area (Å²) in [5, 5.41) is 0.251. The molecule has 0 aliphatic carbocycles. The maximum Gasteiger partial charge on any atom is 0.303 e. The van der Waals surface area contributed by atoms with E-state index in [0.29, 0.717) is 12.3 Å². The number of rotatable bonds is 11. The Morgan fingerprint density at radius 3 is 2.15 bits per heavy atom. The quantitative estimate of drug-likeness (QED) is 0.261. The van der Waals surface area contributed by atoms with Crippen molar-refractivity contribution in [3.8, 4) is 0 Å². The topological polar surface area (TPSA) is 52.6 Å². The van der Waals surface area contributed by atoms with Crippen LogP contribution in [0.2, 0.25) is 18.1 Å². The van der Waals surface area contributed by atoms with Gasteiger partial charge in [0.25, 0.3) is 0 Å². The molecule has 152 valence electrons. The molecular weight excluding hydrogens is 344 g/mol. The van der Waals surface area contributed by atoms with E-state index in [1.807, 2.05) is 6.08 Å². The van der Waals surface area contributed by atoms with E-state index in [2.05, 4.69) is 47.7 Å². The number of carbonyl (C=O) groups excluding carboxylic acids is 2. The van der Waals surface area contributed by atoms with Crippen molar-refractivity contribution in [2.75, 3.05) is 6.61 Å². The molecule has 0 aliphatic rings. The molecule has 0 N–H and O–H groups in total. The van der Waals surface area contributed by atoms with Gasteiger partial charge in [-0.1, -0.05) is 39.3 Å². The highest BCUT2D eigenvalue weighted by atomic mass is 28.4. The second-order valence-corrected chi connectivity index (χ2v) is 13.9. The lowest BCUT2D eigenvalue weighted by atomic mass is 10.0. The van der Waals surface area contributed by atoms with Crippen LogP contribution >= 0.6 is 0 Å². The van der Waals surface area contributed by atoms with Gasteiger partial charge >= 0.3 is 5.97 Å². The molecule has 2 atom stereocenters. The Morgan fingerprint density at radius 2 is 1.69 bits per heavy atom. The molecule has 0 fully saturated rings. The van der Waals surface area contributed by atoms with Crippen molar-refractivity contribution in [2.45, 2.75) is 98.4 Å². The summed E-state index contributed by atoms with van der Waals surface area (Å²) >= 11 is 0. The van der Waals surface area contributed by atoms with Crippen molar-refractivity contribution >= 4 is 20.1 Å². The van der Waals surface area contributed by atoms with Crippen LogP contribution in [-0.2, 0) is 18.8 Å². The zero-order chi connectivity index (χ0) is 20.5. The summed E-state index contributed by atoms with van der Waals surface area (Å²) in [5.41, 5.74) is 1.24. The van der Waals surface area contributed by atoms with Crippen LogP contribution in [0.15, 0.2) is 11.6 Å². The fourth-order valence-corrected chi connectivity index (χ4v) is 3.42. The maximum atomic E-state index is 11.5. The van der Waals surface area contributed by atoms with Crippen molar-refractivity contribution in [3.05, 3.63) is 11.6 Å². The molecule has 0 saturated heterocycles. The zero-order valence-corrected chi connectivity index (χ0v) is 19.4. The summed E-state index contributed by atoms with van der Waals surface area (Å²) in [5.74, 6) is 0.0235. The van der Waals surface area contributed by atoms with E-state index in [9.17, 15) is 9.59 Å². The molecule has 0 aromatic rings. The zero-order valence-electron chi connectivity index (χ0n) is 18.4. The van der Waals surface area contributed by atoms with Gasteiger partial charge in [0.2, 0.25) is 0 Å². The molecule has 0 spiro atoms. The van der Waals surface area contributed by atoms with Gasteiger partial charge in [-0.15, -0.1) is 0 Å². The van der Waals surface area contributed by atoms with E-state index in [-0.39, 0.29) is 10.8 Å². The number of ketones is 1. The van der Waals surface area contributed by atoms with Crippen molar-refractivity contribution in [1.82, 2.24) is 0 Å². The largest absolute Gasteiger partial charge is 0.454 e. The molecule has 0 saturated carbocycles. The Hall–Kier alpha value is -0.943. The highest BCUT2D eigenvalue weighted by molar-refractivity contribution is 6.74. The number of Topliss-reactive ketones (excluding diaryl/α,β-unsaturated/α-hetero) is 1. The van der Waals surface area contributed by atoms with Crippen molar-refractivity contribution < 1.29 is 18.8 Å². The van der Waals surface area contributed by atoms with Gasteiger partial charge in [0.05, 0.1) is 0 Å². The number of carbonyl (C=O) groups is 2. The average Bonchev–Trinajstić information content (AvgIpc) is 2.47. The number of allylic oxidation sites excluding steroid dienone is 1. The Balaban J connectivity index is 4.25. The van der Waals surface area contributed by atoms with Crippen molar-refractivity contribution in [3.63, 3.8) is 0 Å². The molecule has 0 heterocycles. The first-order valence-corrected chi connectivity index (χ1v) is 12.6. The van der Waals surface area contributed by atoms with Crippen LogP contribution in [0.3, 0.4) is 0 Å². The predicted molar refractivity (Wildman–Crippen MR) is 111 cm³/mol. The number of hydrogen-bond donors (Lipinski definition) is 0. The highest BCUT2D eigenvalue weighted by Crippen LogP contribution is 2.36. The van der Waals surface area contributed by atoms with Crippen LogP contribution in [0.4, 0.5) is 0 Å². The van der Waals surface area contributed by atoms with E-state index in [4.69, 9.17) is 9.16 Å². The van der Waals surface area contributed by atoms with Gasteiger partial charge < -0.3 is 9.16 Å². The summed E-state index contributed by atoms with van der Waals surface area (Å²) in [6.07, 6.45) is 5.05. The molecule has 0 bridgehead atoms. The molecule has 0 aliphatic heterocycles. The van der Waals surface area contributed by atoms with Gasteiger partial charge in [0.15, 0.2) is 20.2 Å². The fraction of sp³-hybridized carbons (Fsp3) is 0.810. The fourth-order valence-electron chi connectivity index (χ4n) is 2.29. The Morgan fingerprint density at radius 1 is 1.12 bits per heavy atom. The molecule has 4 nitrogen and oxygen atoms in total. The minimum Gasteiger partial charge on any atom is -0.454 e. The minimum atomic E-state index is -1.66. The van der Waals surface area contributed by atoms with Gasteiger partial charge in [-0.25, -0.2) is 0 Å². The normalized spacial score (nSPS) is 15.5. The van der Waals surface area contributed by atoms with Crippen LogP contribution in [0, 0.1) is 5.92 Å². The molecule has 0 aromatic heterocycles. The molecular formula is C21H40O4Si. The minimum absolute atomic E-state index is 0.111. The van der Waals surface area contributed by atoms with Crippen LogP contribution in [0.1, 0.15) is 74.1 Å². The first-order chi connectivity index (χ1) is 11.8. The van der Waals surface area contributed by atoms with Crippen LogP contribution in [0.5, 0.6) is 0 Å². The summed E-state index contributed by atoms with van der Waals surface area (Å²) in [4.78, 5) is 22.5. The lowest BCUT2D eigenvalue weighted by Crippen LogP contribution is -2.41. The second kappa shape index (κ2) is 11.0. The Kier molecular flexibility index (Phi) is 10.6.